The highest BCUT2D eigenvalue weighted by molar-refractivity contribution is 8.23. The highest BCUT2D eigenvalue weighted by atomic mass is 32.2. The minimum Gasteiger partial charge on any atom is -0.119 e. The van der Waals surface area contributed by atoms with Crippen LogP contribution < -0.4 is 0 Å². The van der Waals surface area contributed by atoms with Crippen molar-refractivity contribution in [3.63, 3.8) is 0 Å². The van der Waals surface area contributed by atoms with Gasteiger partial charge >= 0.3 is 0 Å². The van der Waals surface area contributed by atoms with Crippen molar-refractivity contribution < 1.29 is 0 Å². The van der Waals surface area contributed by atoms with E-state index in [1.807, 2.05) is 11.8 Å². The molecule has 0 fully saturated rings. The van der Waals surface area contributed by atoms with Crippen LogP contribution in [0.4, 0.5) is 0 Å². The van der Waals surface area contributed by atoms with Gasteiger partial charge in [0.05, 0.1) is 0 Å². The van der Waals surface area contributed by atoms with Gasteiger partial charge in [0, 0.05) is 4.20 Å². The van der Waals surface area contributed by atoms with Gasteiger partial charge in [0.2, 0.25) is 0 Å². The molecule has 0 bridgehead atoms. The molecule has 0 N–H and O–H groups in total. The maximum absolute atomic E-state index is 5.37. The second-order valence-corrected chi connectivity index (χ2v) is 8.15. The van der Waals surface area contributed by atoms with Crippen molar-refractivity contribution >= 4 is 28.2 Å². The lowest BCUT2D eigenvalue weighted by Gasteiger charge is -2.04. The molecule has 0 aromatic rings. The molecule has 0 heterocycles. The van der Waals surface area contributed by atoms with Crippen molar-refractivity contribution in [2.45, 2.75) is 110 Å². The maximum atomic E-state index is 5.37. The van der Waals surface area contributed by atoms with Crippen LogP contribution in [0.3, 0.4) is 0 Å². The van der Waals surface area contributed by atoms with Gasteiger partial charge in [0.15, 0.2) is 0 Å². The molecule has 0 spiro atoms. The Morgan fingerprint density at radius 1 is 0.619 bits per heavy atom. The maximum Gasteiger partial charge on any atom is 0.0478 e. The summed E-state index contributed by atoms with van der Waals surface area (Å²) in [6.07, 6.45) is 21.0. The lowest BCUT2D eigenvalue weighted by molar-refractivity contribution is 0.541. The molecule has 0 unspecified atom stereocenters. The standard InChI is InChI=1S/C19H38S2/c1-3-5-6-7-8-9-10-11-12-13-14-15-16-17-19(20)21-18-4-2/h3-18H2,1-2H3. The zero-order valence-electron chi connectivity index (χ0n) is 14.6. The fourth-order valence-electron chi connectivity index (χ4n) is 2.58. The van der Waals surface area contributed by atoms with E-state index in [1.54, 1.807) is 0 Å². The van der Waals surface area contributed by atoms with E-state index in [2.05, 4.69) is 13.8 Å². The Bertz CT molecular complexity index is 214. The van der Waals surface area contributed by atoms with Gasteiger partial charge in [-0.15, -0.1) is 11.8 Å². The lowest BCUT2D eigenvalue weighted by Crippen LogP contribution is -1.90. The largest absolute Gasteiger partial charge is 0.119 e. The SMILES string of the molecule is CCCCCCCCCCCCCCCC(=S)SCCC. The van der Waals surface area contributed by atoms with Crippen molar-refractivity contribution in [2.75, 3.05) is 5.75 Å². The molecule has 0 nitrogen and oxygen atoms in total. The summed E-state index contributed by atoms with van der Waals surface area (Å²) < 4.78 is 1.24. The molecule has 0 atom stereocenters. The molecule has 0 aromatic heterocycles. The van der Waals surface area contributed by atoms with Gasteiger partial charge in [-0.25, -0.2) is 0 Å². The Hall–Kier alpha value is 0.440. The van der Waals surface area contributed by atoms with Crippen LogP contribution in [-0.2, 0) is 0 Å². The van der Waals surface area contributed by atoms with Gasteiger partial charge in [-0.05, 0) is 25.0 Å². The number of rotatable bonds is 16. The average molecular weight is 331 g/mol. The monoisotopic (exact) mass is 330 g/mol. The lowest BCUT2D eigenvalue weighted by atomic mass is 10.0. The predicted molar refractivity (Wildman–Crippen MR) is 106 cm³/mol. The average Bonchev–Trinajstić information content (AvgIpc) is 2.49. The summed E-state index contributed by atoms with van der Waals surface area (Å²) in [6, 6.07) is 0. The minimum atomic E-state index is 1.16. The van der Waals surface area contributed by atoms with Crippen LogP contribution in [0.2, 0.25) is 0 Å². The first-order valence-electron chi connectivity index (χ1n) is 9.46. The van der Waals surface area contributed by atoms with E-state index in [4.69, 9.17) is 12.2 Å². The summed E-state index contributed by atoms with van der Waals surface area (Å²) >= 11 is 7.26. The summed E-state index contributed by atoms with van der Waals surface area (Å²) in [6.45, 7) is 4.51. The molecule has 0 radical (unpaired) electrons. The fraction of sp³-hybridized carbons (Fsp3) is 0.947. The zero-order chi connectivity index (χ0) is 15.6. The van der Waals surface area contributed by atoms with Gasteiger partial charge in [0.1, 0.15) is 0 Å². The normalized spacial score (nSPS) is 11.0. The van der Waals surface area contributed by atoms with Crippen molar-refractivity contribution in [3.05, 3.63) is 0 Å². The summed E-state index contributed by atoms with van der Waals surface area (Å²) in [4.78, 5) is 0. The van der Waals surface area contributed by atoms with Crippen molar-refractivity contribution in [1.82, 2.24) is 0 Å². The van der Waals surface area contributed by atoms with Crippen LogP contribution in [-0.4, -0.2) is 9.95 Å². The third-order valence-corrected chi connectivity index (χ3v) is 5.65. The zero-order valence-corrected chi connectivity index (χ0v) is 16.3. The Morgan fingerprint density at radius 3 is 1.48 bits per heavy atom. The smallest absolute Gasteiger partial charge is 0.0478 e. The Kier molecular flexibility index (Phi) is 18.9. The summed E-state index contributed by atoms with van der Waals surface area (Å²) in [5.74, 6) is 1.21. The molecule has 0 aliphatic heterocycles. The molecule has 0 aliphatic carbocycles. The predicted octanol–water partition coefficient (Wildman–Crippen LogP) is 7.94. The van der Waals surface area contributed by atoms with Crippen LogP contribution >= 0.6 is 24.0 Å². The third kappa shape index (κ3) is 18.4. The summed E-state index contributed by atoms with van der Waals surface area (Å²) in [5, 5.41) is 0. The van der Waals surface area contributed by atoms with E-state index < -0.39 is 0 Å². The Balaban J connectivity index is 3.04. The molecular weight excluding hydrogens is 292 g/mol. The Morgan fingerprint density at radius 2 is 1.05 bits per heavy atom. The van der Waals surface area contributed by atoms with Crippen LogP contribution in [0.5, 0.6) is 0 Å². The van der Waals surface area contributed by atoms with E-state index in [1.165, 1.54) is 99.8 Å². The first-order chi connectivity index (χ1) is 10.3. The third-order valence-electron chi connectivity index (χ3n) is 3.95. The number of hydrogen-bond acceptors (Lipinski definition) is 2. The molecule has 21 heavy (non-hydrogen) atoms. The van der Waals surface area contributed by atoms with Gasteiger partial charge in [-0.2, -0.15) is 0 Å². The quantitative estimate of drug-likeness (QED) is 0.208. The van der Waals surface area contributed by atoms with Gasteiger partial charge < -0.3 is 0 Å². The number of unbranched alkanes of at least 4 members (excludes halogenated alkanes) is 12. The van der Waals surface area contributed by atoms with E-state index in [-0.39, 0.29) is 0 Å². The van der Waals surface area contributed by atoms with Gasteiger partial charge in [-0.3, -0.25) is 0 Å². The molecular formula is C19H38S2. The highest BCUT2D eigenvalue weighted by Gasteiger charge is 1.98. The fourth-order valence-corrected chi connectivity index (χ4v) is 3.69. The molecule has 126 valence electrons. The van der Waals surface area contributed by atoms with Gasteiger partial charge in [0.25, 0.3) is 0 Å². The number of thioether (sulfide) groups is 1. The molecule has 0 rings (SSSR count). The van der Waals surface area contributed by atoms with Crippen LogP contribution in [0.1, 0.15) is 110 Å². The van der Waals surface area contributed by atoms with Crippen molar-refractivity contribution in [3.8, 4) is 0 Å². The van der Waals surface area contributed by atoms with Crippen molar-refractivity contribution in [1.29, 1.82) is 0 Å². The van der Waals surface area contributed by atoms with E-state index >= 15 is 0 Å². The highest BCUT2D eigenvalue weighted by Crippen LogP contribution is 2.15. The summed E-state index contributed by atoms with van der Waals surface area (Å²) in [7, 11) is 0. The molecule has 0 saturated carbocycles. The molecule has 0 saturated heterocycles. The van der Waals surface area contributed by atoms with E-state index in [9.17, 15) is 0 Å². The second-order valence-electron chi connectivity index (χ2n) is 6.21. The van der Waals surface area contributed by atoms with E-state index in [0.717, 1.165) is 6.42 Å². The molecule has 0 amide bonds. The topological polar surface area (TPSA) is 0 Å². The second kappa shape index (κ2) is 18.5. The van der Waals surface area contributed by atoms with Gasteiger partial charge in [-0.1, -0.05) is 103 Å². The minimum absolute atomic E-state index is 1.16. The van der Waals surface area contributed by atoms with E-state index in [0.29, 0.717) is 0 Å². The van der Waals surface area contributed by atoms with Crippen LogP contribution in [0.15, 0.2) is 0 Å². The Labute approximate surface area is 144 Å². The summed E-state index contributed by atoms with van der Waals surface area (Å²) in [5.41, 5.74) is 0. The molecule has 0 aliphatic rings. The number of thiocarbonyl (C=S) groups is 1. The van der Waals surface area contributed by atoms with Crippen LogP contribution in [0.25, 0.3) is 0 Å². The van der Waals surface area contributed by atoms with Crippen LogP contribution in [0, 0.1) is 0 Å². The number of hydrogen-bond donors (Lipinski definition) is 0. The molecule has 2 heteroatoms. The first kappa shape index (κ1) is 21.4. The molecule has 0 aromatic carbocycles. The first-order valence-corrected chi connectivity index (χ1v) is 10.9. The van der Waals surface area contributed by atoms with Crippen molar-refractivity contribution in [2.24, 2.45) is 0 Å².